The van der Waals surface area contributed by atoms with E-state index in [-0.39, 0.29) is 5.82 Å². The minimum absolute atomic E-state index is 0.308. The van der Waals surface area contributed by atoms with Crippen LogP contribution in [0.3, 0.4) is 0 Å². The third-order valence-corrected chi connectivity index (χ3v) is 17.5. The van der Waals surface area contributed by atoms with E-state index in [0.29, 0.717) is 85.0 Å². The van der Waals surface area contributed by atoms with E-state index in [1.807, 2.05) is 103 Å². The second kappa shape index (κ2) is 27.8. The normalized spacial score (nSPS) is 11.3. The zero-order valence-electron chi connectivity index (χ0n) is 56.4. The highest BCUT2D eigenvalue weighted by atomic mass is 19.1. The van der Waals surface area contributed by atoms with Crippen LogP contribution < -0.4 is 4.74 Å². The molecule has 518 valence electrons. The molecular formula is C77H53FN24O5. The number of rotatable bonds is 11. The van der Waals surface area contributed by atoms with E-state index in [4.69, 9.17) is 14.2 Å². The van der Waals surface area contributed by atoms with Crippen LogP contribution in [0.5, 0.6) is 5.75 Å². The van der Waals surface area contributed by atoms with E-state index in [0.717, 1.165) is 111 Å². The van der Waals surface area contributed by atoms with Crippen LogP contribution in [0.1, 0.15) is 20.7 Å². The molecule has 0 aliphatic rings. The number of nitrogens with one attached hydrogen (secondary N) is 8. The van der Waals surface area contributed by atoms with Crippen LogP contribution in [-0.2, 0) is 9.47 Å². The van der Waals surface area contributed by atoms with Crippen LogP contribution in [0.4, 0.5) is 4.39 Å². The number of aromatic nitrogens is 24. The van der Waals surface area contributed by atoms with Crippen LogP contribution in [0, 0.1) is 5.82 Å². The number of para-hydroxylation sites is 1. The Kier molecular flexibility index (Phi) is 16.9. The molecular weight excluding hydrogens is 1360 g/mol. The number of halogens is 1. The highest BCUT2D eigenvalue weighted by Crippen LogP contribution is 2.35. The number of ether oxygens (including phenoxy) is 3. The SMILES string of the molecule is COC(=O)c1ccc2nc(-c3[nH]nc4ncc(-c5cccnc5)cc34)[nH]c2c1.COC(=O)c1cccc2[nH]c(-c3[nH]nc4ncc(-c5cccnc5)cc34)nc12.COc1ccc2nc(-c3[nH]nc4ncc(-c5cccnc5)cc34)[nH]c2c1.Fc1ccc2nc(-c3[nH]nc4ncc(-c5cccnc5)cc34)[nH]c2c1. The van der Waals surface area contributed by atoms with Crippen molar-refractivity contribution in [3.63, 3.8) is 0 Å². The first kappa shape index (κ1) is 64.9. The largest absolute Gasteiger partial charge is 0.497 e. The number of esters is 2. The number of methoxy groups -OCH3 is 3. The first-order valence-electron chi connectivity index (χ1n) is 32.9. The van der Waals surface area contributed by atoms with Crippen molar-refractivity contribution < 1.29 is 28.2 Å². The Hall–Kier alpha value is -15.5. The van der Waals surface area contributed by atoms with Crippen molar-refractivity contribution in [3.8, 4) is 96.3 Å². The van der Waals surface area contributed by atoms with E-state index < -0.39 is 11.9 Å². The minimum Gasteiger partial charge on any atom is -0.497 e. The van der Waals surface area contributed by atoms with Crippen LogP contribution in [-0.4, -0.2) is 154 Å². The lowest BCUT2D eigenvalue weighted by Gasteiger charge is -2.00. The lowest BCUT2D eigenvalue weighted by Crippen LogP contribution is -2.01. The number of aromatic amines is 8. The molecule has 29 nitrogen and oxygen atoms in total. The fraction of sp³-hybridized carbons (Fsp3) is 0.0390. The predicted octanol–water partition coefficient (Wildman–Crippen LogP) is 14.0. The number of hydrogen-bond acceptors (Lipinski definition) is 21. The van der Waals surface area contributed by atoms with Gasteiger partial charge in [-0.2, -0.15) is 20.4 Å². The van der Waals surface area contributed by atoms with Crippen molar-refractivity contribution in [2.24, 2.45) is 0 Å². The maximum absolute atomic E-state index is 13.4. The first-order chi connectivity index (χ1) is 52.6. The molecule has 0 unspecified atom stereocenters. The number of imidazole rings is 4. The Balaban J connectivity index is 0.000000105. The van der Waals surface area contributed by atoms with Gasteiger partial charge in [-0.25, -0.2) is 53.9 Å². The molecule has 0 bridgehead atoms. The molecule has 8 N–H and O–H groups in total. The van der Waals surface area contributed by atoms with Gasteiger partial charge >= 0.3 is 11.9 Å². The van der Waals surface area contributed by atoms with Gasteiger partial charge in [0.15, 0.2) is 45.9 Å². The molecule has 0 amide bonds. The molecule has 16 aromatic heterocycles. The summed E-state index contributed by atoms with van der Waals surface area (Å²) in [5, 5.41) is 32.5. The Morgan fingerprint density at radius 2 is 0.738 bits per heavy atom. The van der Waals surface area contributed by atoms with Crippen molar-refractivity contribution in [3.05, 3.63) is 237 Å². The summed E-state index contributed by atoms with van der Waals surface area (Å²) in [5.41, 5.74) is 19.7. The van der Waals surface area contributed by atoms with Crippen molar-refractivity contribution in [1.82, 2.24) is 121 Å². The van der Waals surface area contributed by atoms with Gasteiger partial charge in [0.2, 0.25) is 0 Å². The van der Waals surface area contributed by atoms with E-state index >= 15 is 0 Å². The average molecular weight is 1410 g/mol. The highest BCUT2D eigenvalue weighted by molar-refractivity contribution is 6.04. The summed E-state index contributed by atoms with van der Waals surface area (Å²) >= 11 is 0. The average Bonchev–Trinajstić information content (AvgIpc) is 1.64. The maximum atomic E-state index is 13.4. The Morgan fingerprint density at radius 3 is 1.14 bits per heavy atom. The molecule has 4 aromatic carbocycles. The molecule has 107 heavy (non-hydrogen) atoms. The fourth-order valence-corrected chi connectivity index (χ4v) is 12.2. The van der Waals surface area contributed by atoms with Gasteiger partial charge in [0.05, 0.1) is 92.6 Å². The second-order valence-electron chi connectivity index (χ2n) is 24.0. The summed E-state index contributed by atoms with van der Waals surface area (Å²) in [5.74, 6) is 2.13. The molecule has 0 saturated carbocycles. The third kappa shape index (κ3) is 12.8. The maximum Gasteiger partial charge on any atom is 0.340 e. The van der Waals surface area contributed by atoms with Gasteiger partial charge in [0.1, 0.15) is 39.9 Å². The third-order valence-electron chi connectivity index (χ3n) is 17.5. The number of hydrogen-bond donors (Lipinski definition) is 8. The lowest BCUT2D eigenvalue weighted by molar-refractivity contribution is 0.0593. The zero-order valence-corrected chi connectivity index (χ0v) is 56.4. The highest BCUT2D eigenvalue weighted by Gasteiger charge is 2.22. The van der Waals surface area contributed by atoms with Gasteiger partial charge in [0, 0.05) is 125 Å². The summed E-state index contributed by atoms with van der Waals surface area (Å²) in [4.78, 5) is 89.5. The van der Waals surface area contributed by atoms with Gasteiger partial charge in [0.25, 0.3) is 0 Å². The van der Waals surface area contributed by atoms with E-state index in [1.54, 1.807) is 112 Å². The lowest BCUT2D eigenvalue weighted by atomic mass is 10.1. The first-order valence-corrected chi connectivity index (χ1v) is 32.9. The number of H-pyrrole nitrogens is 8. The molecule has 0 saturated heterocycles. The van der Waals surface area contributed by atoms with Gasteiger partial charge in [-0.1, -0.05) is 30.3 Å². The van der Waals surface area contributed by atoms with Crippen LogP contribution in [0.25, 0.3) is 179 Å². The number of carbonyl (C=O) groups is 2. The van der Waals surface area contributed by atoms with Crippen LogP contribution in [0.2, 0.25) is 0 Å². The second-order valence-corrected chi connectivity index (χ2v) is 24.0. The quantitative estimate of drug-likeness (QED) is 0.0558. The number of carbonyl (C=O) groups excluding carboxylic acids is 2. The molecule has 0 fully saturated rings. The minimum atomic E-state index is -0.432. The van der Waals surface area contributed by atoms with E-state index in [2.05, 4.69) is 121 Å². The Bertz CT molecular complexity index is 6690. The number of benzene rings is 4. The van der Waals surface area contributed by atoms with Crippen molar-refractivity contribution in [1.29, 1.82) is 0 Å². The molecule has 0 spiro atoms. The Morgan fingerprint density at radius 1 is 0.355 bits per heavy atom. The van der Waals surface area contributed by atoms with Crippen molar-refractivity contribution in [2.75, 3.05) is 21.3 Å². The molecule has 20 rings (SSSR count). The summed E-state index contributed by atoms with van der Waals surface area (Å²) < 4.78 is 28.3. The summed E-state index contributed by atoms with van der Waals surface area (Å²) in [6.07, 6.45) is 21.2. The van der Waals surface area contributed by atoms with Crippen molar-refractivity contribution >= 4 is 100 Å². The van der Waals surface area contributed by atoms with Crippen LogP contribution >= 0.6 is 0 Å². The topological polar surface area (TPSA) is 394 Å². The zero-order chi connectivity index (χ0) is 72.5. The van der Waals surface area contributed by atoms with Crippen LogP contribution in [0.15, 0.2) is 220 Å². The standard InChI is InChI=1S/2C20H14N6O2.C19H14N6O.C18H11FN6/c1-28-20(27)13-5-2-6-15-16(13)24-19(23-15)17-14-8-12(10-22-18(14)26-25-17)11-4-3-7-21-9-11;1-28-20(27)11-4-5-15-16(8-11)24-19(23-15)17-14-7-13(10-22-18(14)26-25-17)12-3-2-6-21-9-12;1-26-13-4-5-15-16(8-13)23-19(22-15)17-14-7-12(10-21-18(14)25-24-17)11-3-2-6-20-9-11;19-12-3-4-14-15(7-12)23-18(22-14)16-13-6-11(9-21-17(13)25-24-16)10-2-1-5-20-8-10/h2*2-10H,1H3,(H,23,24)(H,22,25,26);2-10H,1H3,(H,22,23)(H,21,24,25);1-9H,(H,22,23)(H,21,24,25). The summed E-state index contributed by atoms with van der Waals surface area (Å²) in [7, 11) is 4.35. The monoisotopic (exact) mass is 1410 g/mol. The van der Waals surface area contributed by atoms with Crippen molar-refractivity contribution in [2.45, 2.75) is 0 Å². The summed E-state index contributed by atoms with van der Waals surface area (Å²) in [6, 6.07) is 44.2. The molecule has 0 atom stereocenters. The molecule has 0 radical (unpaired) electrons. The van der Waals surface area contributed by atoms with Gasteiger partial charge in [-0.05, 0) is 109 Å². The predicted molar refractivity (Wildman–Crippen MR) is 398 cm³/mol. The summed E-state index contributed by atoms with van der Waals surface area (Å²) in [6.45, 7) is 0. The number of pyridine rings is 8. The fourth-order valence-electron chi connectivity index (χ4n) is 12.2. The van der Waals surface area contributed by atoms with Gasteiger partial charge in [-0.15, -0.1) is 0 Å². The number of nitrogens with zero attached hydrogens (tertiary/aromatic N) is 16. The molecule has 16 heterocycles. The smallest absolute Gasteiger partial charge is 0.340 e. The molecule has 0 aliphatic carbocycles. The number of fused-ring (bicyclic) bond motifs is 8. The van der Waals surface area contributed by atoms with Gasteiger partial charge in [-0.3, -0.25) is 40.3 Å². The molecule has 20 aromatic rings. The van der Waals surface area contributed by atoms with E-state index in [9.17, 15) is 14.0 Å². The Labute approximate surface area is 600 Å². The van der Waals surface area contributed by atoms with E-state index in [1.165, 1.54) is 26.4 Å². The molecule has 0 aliphatic heterocycles. The van der Waals surface area contributed by atoms with Gasteiger partial charge < -0.3 is 34.1 Å². The molecule has 30 heteroatoms.